The molecule has 4 nitrogen and oxygen atoms in total. The van der Waals surface area contributed by atoms with E-state index in [1.54, 1.807) is 6.07 Å². The summed E-state index contributed by atoms with van der Waals surface area (Å²) in [5, 5.41) is 0. The Morgan fingerprint density at radius 1 is 1.27 bits per heavy atom. The van der Waals surface area contributed by atoms with E-state index in [-0.39, 0.29) is 12.4 Å². The van der Waals surface area contributed by atoms with Gasteiger partial charge < -0.3 is 5.73 Å². The van der Waals surface area contributed by atoms with Gasteiger partial charge >= 0.3 is 0 Å². The zero-order valence-corrected chi connectivity index (χ0v) is 14.9. The van der Waals surface area contributed by atoms with Crippen LogP contribution in [0.3, 0.4) is 0 Å². The Kier molecular flexibility index (Phi) is 4.75. The van der Waals surface area contributed by atoms with Crippen molar-refractivity contribution in [3.63, 3.8) is 0 Å². The van der Waals surface area contributed by atoms with Crippen molar-refractivity contribution in [1.29, 1.82) is 0 Å². The van der Waals surface area contributed by atoms with Gasteiger partial charge in [0.1, 0.15) is 4.90 Å². The minimum Gasteiger partial charge on any atom is -0.398 e. The lowest BCUT2D eigenvalue weighted by atomic mass is 10.0. The molecule has 0 unspecified atom stereocenters. The molecule has 0 amide bonds. The Bertz CT molecular complexity index is 800. The van der Waals surface area contributed by atoms with E-state index in [1.807, 2.05) is 32.0 Å². The zero-order chi connectivity index (χ0) is 15.2. The van der Waals surface area contributed by atoms with E-state index in [0.717, 1.165) is 33.8 Å². The third-order valence-corrected chi connectivity index (χ3v) is 6.84. The standard InChI is InChI=1S/C15H18N2O2S2.ClH/c1-10-9-15(11(2)20-10)21(18,19)17-8-4-5-12-13(16)6-3-7-14(12)17;/h3,6-7,9H,4-5,8,16H2,1-2H3;1H. The van der Waals surface area contributed by atoms with Crippen molar-refractivity contribution in [2.45, 2.75) is 31.6 Å². The van der Waals surface area contributed by atoms with Crippen LogP contribution in [-0.2, 0) is 16.4 Å². The molecule has 2 N–H and O–H groups in total. The molecule has 7 heteroatoms. The Balaban J connectivity index is 0.00000176. The lowest BCUT2D eigenvalue weighted by Crippen LogP contribution is -2.35. The Hall–Kier alpha value is -1.24. The fraction of sp³-hybridized carbons (Fsp3) is 0.333. The summed E-state index contributed by atoms with van der Waals surface area (Å²) in [5.74, 6) is 0. The maximum absolute atomic E-state index is 13.0. The average molecular weight is 359 g/mol. The zero-order valence-electron chi connectivity index (χ0n) is 12.5. The van der Waals surface area contributed by atoms with Crippen molar-refractivity contribution < 1.29 is 8.42 Å². The normalized spacial score (nSPS) is 14.4. The van der Waals surface area contributed by atoms with Crippen LogP contribution >= 0.6 is 23.7 Å². The van der Waals surface area contributed by atoms with Gasteiger partial charge in [-0.1, -0.05) is 6.07 Å². The number of nitrogen functional groups attached to an aromatic ring is 1. The first-order chi connectivity index (χ1) is 9.91. The Labute approximate surface area is 141 Å². The smallest absolute Gasteiger partial charge is 0.265 e. The first-order valence-electron chi connectivity index (χ1n) is 6.88. The number of fused-ring (bicyclic) bond motifs is 1. The number of halogens is 1. The van der Waals surface area contributed by atoms with E-state index in [4.69, 9.17) is 5.73 Å². The first-order valence-corrected chi connectivity index (χ1v) is 9.14. The van der Waals surface area contributed by atoms with Gasteiger partial charge in [0.25, 0.3) is 10.0 Å². The largest absolute Gasteiger partial charge is 0.398 e. The van der Waals surface area contributed by atoms with Gasteiger partial charge in [0, 0.05) is 22.0 Å². The number of rotatable bonds is 2. The second-order valence-electron chi connectivity index (χ2n) is 5.30. The fourth-order valence-corrected chi connectivity index (χ4v) is 5.91. The number of thiophene rings is 1. The van der Waals surface area contributed by atoms with Crippen molar-refractivity contribution in [3.05, 3.63) is 39.6 Å². The first kappa shape index (κ1) is 17.1. The van der Waals surface area contributed by atoms with Crippen LogP contribution in [0.4, 0.5) is 11.4 Å². The van der Waals surface area contributed by atoms with Crippen molar-refractivity contribution in [1.82, 2.24) is 0 Å². The molecule has 0 bridgehead atoms. The van der Waals surface area contributed by atoms with Crippen molar-refractivity contribution >= 4 is 45.1 Å². The molecule has 0 aliphatic carbocycles. The summed E-state index contributed by atoms with van der Waals surface area (Å²) in [5.41, 5.74) is 8.34. The van der Waals surface area contributed by atoms with Crippen LogP contribution in [0.5, 0.6) is 0 Å². The number of sulfonamides is 1. The predicted octanol–water partition coefficient (Wildman–Crippen LogP) is 3.51. The SMILES string of the molecule is Cc1cc(S(=O)(=O)N2CCCc3c(N)cccc32)c(C)s1.Cl. The Morgan fingerprint density at radius 3 is 2.64 bits per heavy atom. The van der Waals surface area contributed by atoms with Crippen LogP contribution in [0.15, 0.2) is 29.2 Å². The number of hydrogen-bond acceptors (Lipinski definition) is 4. The van der Waals surface area contributed by atoms with Crippen molar-refractivity contribution in [3.8, 4) is 0 Å². The van der Waals surface area contributed by atoms with E-state index in [0.29, 0.717) is 17.1 Å². The second-order valence-corrected chi connectivity index (χ2v) is 8.59. The van der Waals surface area contributed by atoms with E-state index in [1.165, 1.54) is 15.6 Å². The maximum atomic E-state index is 13.0. The van der Waals surface area contributed by atoms with Crippen molar-refractivity contribution in [2.24, 2.45) is 0 Å². The number of anilines is 2. The summed E-state index contributed by atoms with van der Waals surface area (Å²) >= 11 is 1.51. The summed E-state index contributed by atoms with van der Waals surface area (Å²) in [4.78, 5) is 2.26. The summed E-state index contributed by atoms with van der Waals surface area (Å²) in [6.45, 7) is 4.29. The number of nitrogens with two attached hydrogens (primary N) is 1. The molecule has 0 saturated heterocycles. The highest BCUT2D eigenvalue weighted by atomic mass is 35.5. The predicted molar refractivity (Wildman–Crippen MR) is 94.7 cm³/mol. The minimum absolute atomic E-state index is 0. The summed E-state index contributed by atoms with van der Waals surface area (Å²) < 4.78 is 27.5. The second kappa shape index (κ2) is 6.10. The molecular weight excluding hydrogens is 340 g/mol. The topological polar surface area (TPSA) is 63.4 Å². The molecule has 0 fully saturated rings. The van der Waals surface area contributed by atoms with E-state index >= 15 is 0 Å². The highest BCUT2D eigenvalue weighted by Crippen LogP contribution is 2.37. The molecule has 22 heavy (non-hydrogen) atoms. The van der Waals surface area contributed by atoms with Gasteiger partial charge in [0.05, 0.1) is 5.69 Å². The highest BCUT2D eigenvalue weighted by Gasteiger charge is 2.31. The fourth-order valence-electron chi connectivity index (χ4n) is 2.85. The highest BCUT2D eigenvalue weighted by molar-refractivity contribution is 7.93. The molecule has 1 aromatic carbocycles. The Morgan fingerprint density at radius 2 is 2.00 bits per heavy atom. The van der Waals surface area contributed by atoms with Crippen LogP contribution in [0.2, 0.25) is 0 Å². The quantitative estimate of drug-likeness (QED) is 0.835. The third kappa shape index (κ3) is 2.71. The van der Waals surface area contributed by atoms with E-state index < -0.39 is 10.0 Å². The van der Waals surface area contributed by atoms with Gasteiger partial charge in [-0.3, -0.25) is 4.31 Å². The molecule has 1 aromatic heterocycles. The third-order valence-electron chi connectivity index (χ3n) is 3.81. The molecule has 1 aliphatic heterocycles. The molecule has 1 aliphatic rings. The molecule has 120 valence electrons. The van der Waals surface area contributed by atoms with Crippen LogP contribution in [0.1, 0.15) is 21.7 Å². The monoisotopic (exact) mass is 358 g/mol. The summed E-state index contributed by atoms with van der Waals surface area (Å²) in [6.07, 6.45) is 1.62. The molecule has 3 rings (SSSR count). The van der Waals surface area contributed by atoms with Crippen LogP contribution in [0.25, 0.3) is 0 Å². The number of hydrogen-bond donors (Lipinski definition) is 1. The minimum atomic E-state index is -3.51. The van der Waals surface area contributed by atoms with Gasteiger partial charge in [0.2, 0.25) is 0 Å². The van der Waals surface area contributed by atoms with Gasteiger partial charge in [-0.15, -0.1) is 23.7 Å². The van der Waals surface area contributed by atoms with Gasteiger partial charge in [0.15, 0.2) is 0 Å². The molecule has 2 heterocycles. The van der Waals surface area contributed by atoms with Crippen LogP contribution in [-0.4, -0.2) is 15.0 Å². The molecule has 0 atom stereocenters. The maximum Gasteiger partial charge on any atom is 0.265 e. The lowest BCUT2D eigenvalue weighted by molar-refractivity contribution is 0.586. The number of aryl methyl sites for hydroxylation is 2. The molecule has 0 saturated carbocycles. The van der Waals surface area contributed by atoms with Gasteiger partial charge in [-0.25, -0.2) is 8.42 Å². The van der Waals surface area contributed by atoms with E-state index in [9.17, 15) is 8.42 Å². The number of nitrogens with zero attached hydrogens (tertiary/aromatic N) is 1. The van der Waals surface area contributed by atoms with Crippen LogP contribution < -0.4 is 10.0 Å². The summed E-state index contributed by atoms with van der Waals surface area (Å²) in [7, 11) is -3.51. The molecule has 0 spiro atoms. The van der Waals surface area contributed by atoms with Gasteiger partial charge in [-0.05, 0) is 50.5 Å². The van der Waals surface area contributed by atoms with Crippen molar-refractivity contribution in [2.75, 3.05) is 16.6 Å². The molecule has 2 aromatic rings. The van der Waals surface area contributed by atoms with Crippen LogP contribution in [0, 0.1) is 13.8 Å². The molecular formula is C15H19ClN2O2S2. The number of benzene rings is 1. The lowest BCUT2D eigenvalue weighted by Gasteiger charge is -2.31. The van der Waals surface area contributed by atoms with Gasteiger partial charge in [-0.2, -0.15) is 0 Å². The average Bonchev–Trinajstić information content (AvgIpc) is 2.78. The summed E-state index contributed by atoms with van der Waals surface area (Å²) in [6, 6.07) is 7.25. The van der Waals surface area contributed by atoms with E-state index in [2.05, 4.69) is 0 Å². The molecule has 0 radical (unpaired) electrons.